The van der Waals surface area contributed by atoms with Crippen molar-refractivity contribution in [3.63, 3.8) is 0 Å². The Morgan fingerprint density at radius 2 is 1.95 bits per heavy atom. The van der Waals surface area contributed by atoms with Crippen LogP contribution in [0.2, 0.25) is 0 Å². The molecule has 3 rings (SSSR count). The van der Waals surface area contributed by atoms with Gasteiger partial charge in [0.15, 0.2) is 5.82 Å². The van der Waals surface area contributed by atoms with Gasteiger partial charge in [-0.3, -0.25) is 0 Å². The molecule has 1 aliphatic rings. The maximum Gasteiger partial charge on any atom is 0.242 e. The summed E-state index contributed by atoms with van der Waals surface area (Å²) in [5.41, 5.74) is 8.96. The van der Waals surface area contributed by atoms with E-state index in [0.717, 1.165) is 18.7 Å². The first-order chi connectivity index (χ1) is 10.2. The molecule has 0 amide bonds. The van der Waals surface area contributed by atoms with Crippen LogP contribution in [0.15, 0.2) is 24.3 Å². The molecule has 0 bridgehead atoms. The fraction of sp³-hybridized carbons (Fsp3) is 0.375. The minimum Gasteiger partial charge on any atom is -0.479 e. The number of anilines is 2. The molecule has 5 nitrogen and oxygen atoms in total. The Balaban J connectivity index is 1.80. The predicted molar refractivity (Wildman–Crippen MR) is 83.5 cm³/mol. The van der Waals surface area contributed by atoms with Crippen LogP contribution in [0.25, 0.3) is 0 Å². The van der Waals surface area contributed by atoms with Crippen molar-refractivity contribution < 1.29 is 4.74 Å². The summed E-state index contributed by atoms with van der Waals surface area (Å²) in [5.74, 6) is 2.40. The van der Waals surface area contributed by atoms with Gasteiger partial charge in [-0.05, 0) is 25.3 Å². The van der Waals surface area contributed by atoms with E-state index in [1.54, 1.807) is 7.11 Å². The van der Waals surface area contributed by atoms with Crippen molar-refractivity contribution in [3.05, 3.63) is 41.2 Å². The summed E-state index contributed by atoms with van der Waals surface area (Å²) in [7, 11) is 1.58. The number of aromatic nitrogens is 2. The van der Waals surface area contributed by atoms with Gasteiger partial charge in [0.2, 0.25) is 5.88 Å². The SMILES string of the molecule is COc1nc(C2CC2)nc(NCc2ccc(C)cc2)c1N. The number of aryl methyl sites for hydroxylation is 1. The van der Waals surface area contributed by atoms with Crippen molar-refractivity contribution in [2.24, 2.45) is 0 Å². The third-order valence-corrected chi connectivity index (χ3v) is 3.64. The molecule has 1 aromatic carbocycles. The lowest BCUT2D eigenvalue weighted by molar-refractivity contribution is 0.397. The number of rotatable bonds is 5. The maximum absolute atomic E-state index is 6.06. The van der Waals surface area contributed by atoms with Crippen LogP contribution in [0.1, 0.15) is 35.7 Å². The van der Waals surface area contributed by atoms with E-state index in [9.17, 15) is 0 Å². The summed E-state index contributed by atoms with van der Waals surface area (Å²) < 4.78 is 5.26. The first kappa shape index (κ1) is 13.7. The molecule has 1 aromatic heterocycles. The maximum atomic E-state index is 6.06. The van der Waals surface area contributed by atoms with Crippen molar-refractivity contribution >= 4 is 11.5 Å². The van der Waals surface area contributed by atoms with Crippen molar-refractivity contribution in [2.45, 2.75) is 32.2 Å². The molecule has 0 unspecified atom stereocenters. The minimum atomic E-state index is 0.457. The molecule has 5 heteroatoms. The highest BCUT2D eigenvalue weighted by molar-refractivity contribution is 5.67. The lowest BCUT2D eigenvalue weighted by atomic mass is 10.1. The first-order valence-corrected chi connectivity index (χ1v) is 7.18. The van der Waals surface area contributed by atoms with Gasteiger partial charge in [0, 0.05) is 12.5 Å². The van der Waals surface area contributed by atoms with Gasteiger partial charge in [-0.25, -0.2) is 4.98 Å². The Morgan fingerprint density at radius 1 is 1.24 bits per heavy atom. The molecule has 0 aliphatic heterocycles. The van der Waals surface area contributed by atoms with Gasteiger partial charge in [-0.1, -0.05) is 29.8 Å². The molecule has 0 radical (unpaired) electrons. The van der Waals surface area contributed by atoms with Gasteiger partial charge in [0.05, 0.1) is 7.11 Å². The van der Waals surface area contributed by atoms with E-state index in [4.69, 9.17) is 10.5 Å². The molecule has 2 aromatic rings. The summed E-state index contributed by atoms with van der Waals surface area (Å²) in [5, 5.41) is 3.29. The molecule has 0 saturated heterocycles. The zero-order valence-electron chi connectivity index (χ0n) is 12.4. The third-order valence-electron chi connectivity index (χ3n) is 3.64. The van der Waals surface area contributed by atoms with Gasteiger partial charge >= 0.3 is 0 Å². The lowest BCUT2D eigenvalue weighted by Gasteiger charge is -2.12. The summed E-state index contributed by atoms with van der Waals surface area (Å²) in [6, 6.07) is 8.38. The monoisotopic (exact) mass is 284 g/mol. The van der Waals surface area contributed by atoms with E-state index in [2.05, 4.69) is 46.5 Å². The zero-order valence-corrected chi connectivity index (χ0v) is 12.4. The highest BCUT2D eigenvalue weighted by atomic mass is 16.5. The number of ether oxygens (including phenoxy) is 1. The second-order valence-electron chi connectivity index (χ2n) is 5.47. The number of benzene rings is 1. The van der Waals surface area contributed by atoms with Crippen LogP contribution in [0.4, 0.5) is 11.5 Å². The van der Waals surface area contributed by atoms with Crippen molar-refractivity contribution in [1.82, 2.24) is 9.97 Å². The highest BCUT2D eigenvalue weighted by Gasteiger charge is 2.28. The number of nitrogen functional groups attached to an aromatic ring is 1. The Morgan fingerprint density at radius 3 is 2.57 bits per heavy atom. The fourth-order valence-electron chi connectivity index (χ4n) is 2.17. The zero-order chi connectivity index (χ0) is 14.8. The van der Waals surface area contributed by atoms with Crippen LogP contribution in [0, 0.1) is 6.92 Å². The standard InChI is InChI=1S/C16H20N4O/c1-10-3-5-11(6-4-10)9-18-15-13(17)16(21-2)20-14(19-15)12-7-8-12/h3-6,12H,7-9,17H2,1-2H3,(H,18,19,20). The summed E-state index contributed by atoms with van der Waals surface area (Å²) in [4.78, 5) is 8.93. The summed E-state index contributed by atoms with van der Waals surface area (Å²) in [6.45, 7) is 2.75. The summed E-state index contributed by atoms with van der Waals surface area (Å²) >= 11 is 0. The van der Waals surface area contributed by atoms with Gasteiger partial charge < -0.3 is 15.8 Å². The molecule has 3 N–H and O–H groups in total. The van der Waals surface area contributed by atoms with Crippen LogP contribution in [-0.4, -0.2) is 17.1 Å². The molecule has 1 saturated carbocycles. The van der Waals surface area contributed by atoms with Crippen LogP contribution < -0.4 is 15.8 Å². The number of nitrogens with two attached hydrogens (primary N) is 1. The number of hydrogen-bond acceptors (Lipinski definition) is 5. The van der Waals surface area contributed by atoms with Crippen LogP contribution in [0.5, 0.6) is 5.88 Å². The number of methoxy groups -OCH3 is 1. The molecule has 0 atom stereocenters. The van der Waals surface area contributed by atoms with Gasteiger partial charge in [0.1, 0.15) is 11.5 Å². The largest absolute Gasteiger partial charge is 0.479 e. The van der Waals surface area contributed by atoms with E-state index in [1.165, 1.54) is 11.1 Å². The van der Waals surface area contributed by atoms with Crippen LogP contribution >= 0.6 is 0 Å². The molecule has 1 fully saturated rings. The molecule has 0 spiro atoms. The average molecular weight is 284 g/mol. The van der Waals surface area contributed by atoms with Crippen molar-refractivity contribution in [2.75, 3.05) is 18.2 Å². The van der Waals surface area contributed by atoms with E-state index < -0.39 is 0 Å². The summed E-state index contributed by atoms with van der Waals surface area (Å²) in [6.07, 6.45) is 2.29. The van der Waals surface area contributed by atoms with Crippen LogP contribution in [0.3, 0.4) is 0 Å². The van der Waals surface area contributed by atoms with E-state index in [-0.39, 0.29) is 0 Å². The fourth-order valence-corrected chi connectivity index (χ4v) is 2.17. The van der Waals surface area contributed by atoms with E-state index >= 15 is 0 Å². The van der Waals surface area contributed by atoms with E-state index in [1.807, 2.05) is 0 Å². The van der Waals surface area contributed by atoms with Gasteiger partial charge in [-0.2, -0.15) is 4.98 Å². The van der Waals surface area contributed by atoms with Crippen molar-refractivity contribution in [3.8, 4) is 5.88 Å². The second-order valence-corrected chi connectivity index (χ2v) is 5.47. The highest BCUT2D eigenvalue weighted by Crippen LogP contribution is 2.40. The Kier molecular flexibility index (Phi) is 3.64. The number of hydrogen-bond donors (Lipinski definition) is 2. The molecule has 1 aliphatic carbocycles. The Labute approximate surface area is 124 Å². The van der Waals surface area contributed by atoms with Gasteiger partial charge in [-0.15, -0.1) is 0 Å². The average Bonchev–Trinajstić information content (AvgIpc) is 3.32. The molecular formula is C16H20N4O. The molecule has 21 heavy (non-hydrogen) atoms. The normalized spacial score (nSPS) is 14.0. The van der Waals surface area contributed by atoms with E-state index in [0.29, 0.717) is 29.8 Å². The number of nitrogens with one attached hydrogen (secondary N) is 1. The second kappa shape index (κ2) is 5.60. The predicted octanol–water partition coefficient (Wildman–Crippen LogP) is 2.87. The quantitative estimate of drug-likeness (QED) is 0.883. The van der Waals surface area contributed by atoms with Crippen LogP contribution in [-0.2, 0) is 6.54 Å². The number of nitrogens with zero attached hydrogens (tertiary/aromatic N) is 2. The van der Waals surface area contributed by atoms with Gasteiger partial charge in [0.25, 0.3) is 0 Å². The lowest BCUT2D eigenvalue weighted by Crippen LogP contribution is -2.09. The Hall–Kier alpha value is -2.30. The minimum absolute atomic E-state index is 0.457. The smallest absolute Gasteiger partial charge is 0.242 e. The third kappa shape index (κ3) is 3.07. The Bertz CT molecular complexity index is 635. The molecular weight excluding hydrogens is 264 g/mol. The first-order valence-electron chi connectivity index (χ1n) is 7.18. The molecule has 110 valence electrons. The molecule has 1 heterocycles. The topological polar surface area (TPSA) is 73.1 Å². The van der Waals surface area contributed by atoms with Crippen molar-refractivity contribution in [1.29, 1.82) is 0 Å².